The van der Waals surface area contributed by atoms with E-state index in [9.17, 15) is 19.2 Å². The van der Waals surface area contributed by atoms with Gasteiger partial charge in [0, 0.05) is 60.2 Å². The van der Waals surface area contributed by atoms with E-state index in [0.29, 0.717) is 26.2 Å². The maximum atomic E-state index is 13.8. The van der Waals surface area contributed by atoms with Gasteiger partial charge in [-0.1, -0.05) is 97.1 Å². The molecule has 3 amide bonds. The van der Waals surface area contributed by atoms with Gasteiger partial charge < -0.3 is 29.5 Å². The Bertz CT molecular complexity index is 2460. The molecule has 0 aromatic heterocycles. The van der Waals surface area contributed by atoms with Gasteiger partial charge >= 0.3 is 12.1 Å². The minimum absolute atomic E-state index is 0.0675. The summed E-state index contributed by atoms with van der Waals surface area (Å²) >= 11 is 0. The second-order valence-electron chi connectivity index (χ2n) is 17.6. The number of benzene rings is 6. The maximum Gasteiger partial charge on any atom is 0.410 e. The predicted molar refractivity (Wildman–Crippen MR) is 240 cm³/mol. The molecule has 10 nitrogen and oxygen atoms in total. The number of carbonyl (C=O) groups is 4. The van der Waals surface area contributed by atoms with E-state index in [4.69, 9.17) is 9.47 Å². The fourth-order valence-corrected chi connectivity index (χ4v) is 7.87. The molecule has 60 heavy (non-hydrogen) atoms. The topological polar surface area (TPSA) is 108 Å². The number of nitrogens with one attached hydrogen (secondary N) is 1. The summed E-state index contributed by atoms with van der Waals surface area (Å²) in [7, 11) is 5.32. The van der Waals surface area contributed by atoms with E-state index in [2.05, 4.69) is 53.8 Å². The third-order valence-corrected chi connectivity index (χ3v) is 10.6. The fraction of sp³-hybridized carbons (Fsp3) is 0.360. The summed E-state index contributed by atoms with van der Waals surface area (Å²) in [5.74, 6) is -0.560. The van der Waals surface area contributed by atoms with Gasteiger partial charge in [0.25, 0.3) is 0 Å². The average molecular weight is 811 g/mol. The van der Waals surface area contributed by atoms with Crippen LogP contribution in [0.1, 0.15) is 76.6 Å². The predicted octanol–water partition coefficient (Wildman–Crippen LogP) is 9.49. The summed E-state index contributed by atoms with van der Waals surface area (Å²) in [5, 5.41) is 11.4. The first kappa shape index (κ1) is 43.6. The smallest absolute Gasteiger partial charge is 0.410 e. The SMILES string of the molecule is CN(Cc1c2ccccc2c(CNCC(=O)OC(C)(C)C)c2ccccc12)C(=O)CCC(=O)N(C)Cc1c2ccccc2c(CN(C)C(=O)OC(C)(C)C)c2ccccc12. The lowest BCUT2D eigenvalue weighted by atomic mass is 9.91. The van der Waals surface area contributed by atoms with Crippen LogP contribution >= 0.6 is 0 Å². The Hall–Kier alpha value is -6.00. The van der Waals surface area contributed by atoms with Gasteiger partial charge in [0.15, 0.2) is 0 Å². The number of hydrogen-bond acceptors (Lipinski definition) is 7. The van der Waals surface area contributed by atoms with Crippen LogP contribution in [0.2, 0.25) is 0 Å². The Balaban J connectivity index is 1.17. The molecule has 314 valence electrons. The summed E-state index contributed by atoms with van der Waals surface area (Å²) in [5.41, 5.74) is 2.93. The number of carbonyl (C=O) groups excluding carboxylic acids is 4. The number of rotatable bonds is 13. The molecule has 0 aliphatic heterocycles. The van der Waals surface area contributed by atoms with Gasteiger partial charge in [0.1, 0.15) is 11.2 Å². The molecule has 0 aliphatic rings. The molecule has 0 aliphatic carbocycles. The summed E-state index contributed by atoms with van der Waals surface area (Å²) in [6.45, 7) is 12.7. The van der Waals surface area contributed by atoms with Crippen LogP contribution in [0.4, 0.5) is 4.79 Å². The van der Waals surface area contributed by atoms with Crippen LogP contribution in [0.25, 0.3) is 43.1 Å². The molecule has 0 spiro atoms. The number of ether oxygens (including phenoxy) is 2. The van der Waals surface area contributed by atoms with E-state index in [0.717, 1.165) is 65.3 Å². The molecule has 0 bridgehead atoms. The van der Waals surface area contributed by atoms with Crippen LogP contribution in [0.5, 0.6) is 0 Å². The highest BCUT2D eigenvalue weighted by atomic mass is 16.6. The highest BCUT2D eigenvalue weighted by Gasteiger charge is 2.24. The van der Waals surface area contributed by atoms with Crippen molar-refractivity contribution in [2.45, 2.75) is 91.8 Å². The van der Waals surface area contributed by atoms with Crippen molar-refractivity contribution in [2.24, 2.45) is 0 Å². The Morgan fingerprint density at radius 1 is 0.467 bits per heavy atom. The van der Waals surface area contributed by atoms with Gasteiger partial charge in [0.05, 0.1) is 6.54 Å². The lowest BCUT2D eigenvalue weighted by molar-refractivity contribution is -0.153. The minimum Gasteiger partial charge on any atom is -0.459 e. The first-order valence-corrected chi connectivity index (χ1v) is 20.6. The van der Waals surface area contributed by atoms with Gasteiger partial charge in [-0.2, -0.15) is 0 Å². The van der Waals surface area contributed by atoms with E-state index < -0.39 is 17.3 Å². The van der Waals surface area contributed by atoms with Gasteiger partial charge in [-0.05, 0) is 107 Å². The van der Waals surface area contributed by atoms with Crippen molar-refractivity contribution >= 4 is 67.0 Å². The number of esters is 1. The first-order chi connectivity index (χ1) is 28.4. The number of nitrogens with zero attached hydrogens (tertiary/aromatic N) is 3. The van der Waals surface area contributed by atoms with E-state index in [1.165, 1.54) is 0 Å². The molecule has 6 aromatic carbocycles. The van der Waals surface area contributed by atoms with Crippen molar-refractivity contribution in [2.75, 3.05) is 27.7 Å². The number of hydrogen-bond donors (Lipinski definition) is 1. The fourth-order valence-electron chi connectivity index (χ4n) is 7.87. The van der Waals surface area contributed by atoms with Crippen LogP contribution in [-0.4, -0.2) is 77.5 Å². The summed E-state index contributed by atoms with van der Waals surface area (Å²) < 4.78 is 11.1. The van der Waals surface area contributed by atoms with Gasteiger partial charge in [-0.25, -0.2) is 4.79 Å². The molecule has 0 unspecified atom stereocenters. The molecule has 1 N–H and O–H groups in total. The standard InChI is InChI=1S/C50H58N4O6/c1-49(2,3)59-47(57)29-51-28-41-33-18-10-12-20-35(33)42(36-21-13-11-19-34(36)41)30-52(7)45(55)26-27-46(56)53(8)31-43-37-22-14-16-24-39(37)44(40-25-17-15-23-38(40)43)32-54(9)48(58)60-50(4,5)6/h10-25,51H,26-32H2,1-9H3. The van der Waals surface area contributed by atoms with Crippen LogP contribution in [0, 0.1) is 0 Å². The van der Waals surface area contributed by atoms with Crippen molar-refractivity contribution in [3.8, 4) is 0 Å². The molecule has 0 heterocycles. The monoisotopic (exact) mass is 810 g/mol. The number of amides is 3. The second kappa shape index (κ2) is 18.1. The Morgan fingerprint density at radius 2 is 0.767 bits per heavy atom. The zero-order valence-electron chi connectivity index (χ0n) is 36.5. The average Bonchev–Trinajstić information content (AvgIpc) is 3.20. The van der Waals surface area contributed by atoms with Crippen molar-refractivity contribution in [3.05, 3.63) is 119 Å². The molecular formula is C50H58N4O6. The highest BCUT2D eigenvalue weighted by Crippen LogP contribution is 2.36. The largest absolute Gasteiger partial charge is 0.459 e. The molecule has 0 fully saturated rings. The summed E-state index contributed by atoms with van der Waals surface area (Å²) in [4.78, 5) is 57.9. The molecule has 0 saturated carbocycles. The Labute approximate surface area is 353 Å². The van der Waals surface area contributed by atoms with Gasteiger partial charge in [-0.3, -0.25) is 14.4 Å². The molecule has 0 radical (unpaired) electrons. The first-order valence-electron chi connectivity index (χ1n) is 20.6. The van der Waals surface area contributed by atoms with Crippen LogP contribution in [-0.2, 0) is 50.0 Å². The lowest BCUT2D eigenvalue weighted by Crippen LogP contribution is -2.34. The Kier molecular flexibility index (Phi) is 13.1. The van der Waals surface area contributed by atoms with Crippen LogP contribution in [0.15, 0.2) is 97.1 Å². The second-order valence-corrected chi connectivity index (χ2v) is 17.6. The third-order valence-electron chi connectivity index (χ3n) is 10.6. The quantitative estimate of drug-likeness (QED) is 0.0915. The van der Waals surface area contributed by atoms with Crippen LogP contribution < -0.4 is 5.32 Å². The molecule has 6 aromatic rings. The van der Waals surface area contributed by atoms with E-state index in [-0.39, 0.29) is 37.2 Å². The lowest BCUT2D eigenvalue weighted by Gasteiger charge is -2.26. The summed E-state index contributed by atoms with van der Waals surface area (Å²) in [6.07, 6.45) is -0.260. The highest BCUT2D eigenvalue weighted by molar-refractivity contribution is 6.07. The van der Waals surface area contributed by atoms with Gasteiger partial charge in [-0.15, -0.1) is 0 Å². The van der Waals surface area contributed by atoms with E-state index in [1.54, 1.807) is 35.8 Å². The molecule has 6 rings (SSSR count). The molecule has 0 saturated heterocycles. The maximum absolute atomic E-state index is 13.8. The van der Waals surface area contributed by atoms with E-state index in [1.807, 2.05) is 90.1 Å². The molecular weight excluding hydrogens is 753 g/mol. The van der Waals surface area contributed by atoms with Crippen molar-refractivity contribution in [3.63, 3.8) is 0 Å². The molecule has 10 heteroatoms. The summed E-state index contributed by atoms with van der Waals surface area (Å²) in [6, 6.07) is 32.5. The van der Waals surface area contributed by atoms with E-state index >= 15 is 0 Å². The zero-order chi connectivity index (χ0) is 43.4. The Morgan fingerprint density at radius 3 is 1.08 bits per heavy atom. The molecule has 0 atom stereocenters. The van der Waals surface area contributed by atoms with Gasteiger partial charge in [0.2, 0.25) is 11.8 Å². The zero-order valence-corrected chi connectivity index (χ0v) is 36.5. The third kappa shape index (κ3) is 10.2. The van der Waals surface area contributed by atoms with Crippen molar-refractivity contribution in [1.29, 1.82) is 0 Å². The normalized spacial score (nSPS) is 11.9. The minimum atomic E-state index is -0.613. The van der Waals surface area contributed by atoms with Crippen molar-refractivity contribution in [1.82, 2.24) is 20.0 Å². The van der Waals surface area contributed by atoms with Crippen LogP contribution in [0.3, 0.4) is 0 Å². The number of fused-ring (bicyclic) bond motifs is 4. The van der Waals surface area contributed by atoms with Crippen molar-refractivity contribution < 1.29 is 28.7 Å².